The van der Waals surface area contributed by atoms with Crippen LogP contribution in [0.4, 0.5) is 0 Å². The van der Waals surface area contributed by atoms with Crippen molar-refractivity contribution in [3.63, 3.8) is 0 Å². The maximum atomic E-state index is 7.41. The Kier molecular flexibility index (Phi) is 16.5. The molecule has 1 fully saturated rings. The molecule has 0 saturated carbocycles. The Bertz CT molecular complexity index is 1420. The molecule has 0 radical (unpaired) electrons. The molecule has 12 heteroatoms. The van der Waals surface area contributed by atoms with Crippen LogP contribution in [0.5, 0.6) is 5.75 Å². The molecule has 3 atom stereocenters. The molecule has 0 bridgehead atoms. The highest BCUT2D eigenvalue weighted by atomic mass is 28.4. The molecule has 0 spiro atoms. The molecule has 0 aliphatic carbocycles. The van der Waals surface area contributed by atoms with Crippen molar-refractivity contribution in [2.75, 3.05) is 20.8 Å². The van der Waals surface area contributed by atoms with Gasteiger partial charge >= 0.3 is 7.12 Å². The van der Waals surface area contributed by atoms with Crippen LogP contribution in [0.15, 0.2) is 47.0 Å². The van der Waals surface area contributed by atoms with Crippen LogP contribution in [0, 0.1) is 5.41 Å². The van der Waals surface area contributed by atoms with E-state index in [1.54, 1.807) is 20.5 Å². The second kappa shape index (κ2) is 19.1. The van der Waals surface area contributed by atoms with E-state index in [4.69, 9.17) is 41.8 Å². The summed E-state index contributed by atoms with van der Waals surface area (Å²) in [4.78, 5) is 5.01. The SMILES string of the molecule is CC[Si](CC)(CC)O[C@@H](Cc1nc([C@H](C/C=C/B2OC(C)(C)C(C)(C)O2)OC)co1)C(C)(C)[C@H](CCO[Si](C)(C)C(C)(C)C)OCc1ccc(OC)cc1. The number of methoxy groups -OCH3 is 2. The maximum absolute atomic E-state index is 7.41. The van der Waals surface area contributed by atoms with Crippen LogP contribution in [-0.2, 0) is 40.7 Å². The van der Waals surface area contributed by atoms with Gasteiger partial charge in [0.1, 0.15) is 23.8 Å². The number of benzene rings is 1. The average Bonchev–Trinajstić information content (AvgIpc) is 3.65. The van der Waals surface area contributed by atoms with E-state index in [0.29, 0.717) is 31.9 Å². The van der Waals surface area contributed by atoms with Gasteiger partial charge in [-0.05, 0) is 94.5 Å². The molecule has 1 aromatic heterocycles. The second-order valence-electron chi connectivity index (χ2n) is 18.1. The zero-order valence-corrected chi connectivity index (χ0v) is 38.7. The third kappa shape index (κ3) is 11.9. The van der Waals surface area contributed by atoms with E-state index in [2.05, 4.69) is 108 Å². The summed E-state index contributed by atoms with van der Waals surface area (Å²) < 4.78 is 50.9. The minimum atomic E-state index is -2.07. The van der Waals surface area contributed by atoms with Gasteiger partial charge in [-0.25, -0.2) is 4.98 Å². The highest BCUT2D eigenvalue weighted by molar-refractivity contribution is 6.74. The Balaban J connectivity index is 1.90. The van der Waals surface area contributed by atoms with Gasteiger partial charge < -0.3 is 36.8 Å². The second-order valence-corrected chi connectivity index (χ2v) is 27.6. The van der Waals surface area contributed by atoms with Crippen molar-refractivity contribution in [2.45, 2.75) is 175 Å². The van der Waals surface area contributed by atoms with Crippen LogP contribution in [-0.4, -0.2) is 73.0 Å². The number of aromatic nitrogens is 1. The normalized spacial score (nSPS) is 18.3. The van der Waals surface area contributed by atoms with Crippen LogP contribution in [0.3, 0.4) is 0 Å². The van der Waals surface area contributed by atoms with Gasteiger partial charge in [0.2, 0.25) is 0 Å². The van der Waals surface area contributed by atoms with Crippen LogP contribution >= 0.6 is 0 Å². The Morgan fingerprint density at radius 3 is 2.00 bits per heavy atom. The Morgan fingerprint density at radius 1 is 0.889 bits per heavy atom. The van der Waals surface area contributed by atoms with E-state index < -0.39 is 29.2 Å². The topological polar surface area (TPSA) is 90.6 Å². The van der Waals surface area contributed by atoms with Crippen molar-refractivity contribution in [3.8, 4) is 5.75 Å². The molecule has 1 aromatic carbocycles. The molecule has 54 heavy (non-hydrogen) atoms. The molecule has 3 rings (SSSR count). The van der Waals surface area contributed by atoms with Gasteiger partial charge in [0.15, 0.2) is 22.5 Å². The first-order chi connectivity index (χ1) is 25.1. The monoisotopic (exact) mass is 788 g/mol. The summed E-state index contributed by atoms with van der Waals surface area (Å²) in [6.07, 6.45) is 4.99. The summed E-state index contributed by atoms with van der Waals surface area (Å²) in [5.41, 5.74) is 0.654. The molecule has 1 saturated heterocycles. The molecule has 2 heterocycles. The zero-order valence-electron chi connectivity index (χ0n) is 36.7. The van der Waals surface area contributed by atoms with Gasteiger partial charge in [-0.1, -0.05) is 79.6 Å². The molecule has 0 N–H and O–H groups in total. The first kappa shape index (κ1) is 46.6. The number of nitrogens with zero attached hydrogens (tertiary/aromatic N) is 1. The molecule has 9 nitrogen and oxygen atoms in total. The largest absolute Gasteiger partial charge is 0.497 e. The quantitative estimate of drug-likeness (QED) is 0.108. The fourth-order valence-electron chi connectivity index (χ4n) is 6.54. The fourth-order valence-corrected chi connectivity index (χ4v) is 10.6. The van der Waals surface area contributed by atoms with E-state index in [0.717, 1.165) is 41.6 Å². The summed E-state index contributed by atoms with van der Waals surface area (Å²) in [6, 6.07) is 11.2. The summed E-state index contributed by atoms with van der Waals surface area (Å²) in [7, 11) is -1.05. The van der Waals surface area contributed by atoms with Crippen LogP contribution in [0.25, 0.3) is 0 Å². The van der Waals surface area contributed by atoms with E-state index in [1.165, 1.54) is 0 Å². The van der Waals surface area contributed by atoms with E-state index >= 15 is 0 Å². The van der Waals surface area contributed by atoms with Crippen LogP contribution in [0.2, 0.25) is 36.3 Å². The lowest BCUT2D eigenvalue weighted by atomic mass is 9.78. The molecule has 2 aromatic rings. The summed E-state index contributed by atoms with van der Waals surface area (Å²) in [5.74, 6) is 3.42. The Hall–Kier alpha value is -1.77. The summed E-state index contributed by atoms with van der Waals surface area (Å²) in [5, 5.41) is 0.118. The number of ether oxygens (including phenoxy) is 3. The molecular weight excluding hydrogens is 713 g/mol. The van der Waals surface area contributed by atoms with Gasteiger partial charge in [0.25, 0.3) is 0 Å². The molecule has 0 amide bonds. The van der Waals surface area contributed by atoms with Gasteiger partial charge in [0, 0.05) is 25.6 Å². The van der Waals surface area contributed by atoms with Crippen molar-refractivity contribution in [1.82, 2.24) is 4.98 Å². The van der Waals surface area contributed by atoms with Crippen molar-refractivity contribution in [1.29, 1.82) is 0 Å². The van der Waals surface area contributed by atoms with Crippen molar-refractivity contribution in [2.24, 2.45) is 5.41 Å². The lowest BCUT2D eigenvalue weighted by Crippen LogP contribution is -2.51. The van der Waals surface area contributed by atoms with Crippen molar-refractivity contribution >= 4 is 23.8 Å². The van der Waals surface area contributed by atoms with Gasteiger partial charge in [-0.3, -0.25) is 0 Å². The first-order valence-corrected chi connectivity index (χ1v) is 25.6. The third-order valence-corrected chi connectivity index (χ3v) is 21.9. The highest BCUT2D eigenvalue weighted by Crippen LogP contribution is 2.41. The first-order valence-electron chi connectivity index (χ1n) is 20.1. The van der Waals surface area contributed by atoms with Crippen LogP contribution in [0.1, 0.15) is 119 Å². The van der Waals surface area contributed by atoms with E-state index in [1.807, 2.05) is 24.2 Å². The van der Waals surface area contributed by atoms with Crippen molar-refractivity contribution in [3.05, 3.63) is 59.7 Å². The summed E-state index contributed by atoms with van der Waals surface area (Å²) in [6.45, 7) is 32.2. The van der Waals surface area contributed by atoms with Gasteiger partial charge in [-0.2, -0.15) is 0 Å². The van der Waals surface area contributed by atoms with Gasteiger partial charge in [-0.15, -0.1) is 0 Å². The maximum Gasteiger partial charge on any atom is 0.486 e. The minimum Gasteiger partial charge on any atom is -0.497 e. The van der Waals surface area contributed by atoms with E-state index in [-0.39, 0.29) is 34.6 Å². The summed E-state index contributed by atoms with van der Waals surface area (Å²) >= 11 is 0. The van der Waals surface area contributed by atoms with Crippen molar-refractivity contribution < 1.29 is 36.8 Å². The Morgan fingerprint density at radius 2 is 1.48 bits per heavy atom. The fraction of sp³-hybridized carbons (Fsp3) is 0.738. The smallest absolute Gasteiger partial charge is 0.486 e. The molecule has 0 unspecified atom stereocenters. The van der Waals surface area contributed by atoms with E-state index in [9.17, 15) is 0 Å². The zero-order chi connectivity index (χ0) is 40.6. The standard InChI is InChI=1S/C42H74BNO8Si2/c1-17-54(18-2,19-3)50-37(29-38-44-34(31-48-38)35(46-14)21-20-27-43-51-41(9,10)42(11,12)52-43)40(7,8)36(26-28-49-53(15,16)39(4,5)6)47-30-32-22-24-33(45-13)25-23-32/h20,22-25,27,31,35-37H,17-19,21,26,28-30H2,1-16H3/b27-20+/t35-,36-,37-/m0/s1. The number of oxazole rings is 1. The number of hydrogen-bond acceptors (Lipinski definition) is 9. The molecule has 1 aliphatic rings. The predicted molar refractivity (Wildman–Crippen MR) is 225 cm³/mol. The number of rotatable bonds is 22. The minimum absolute atomic E-state index is 0.118. The predicted octanol–water partition coefficient (Wildman–Crippen LogP) is 10.9. The van der Waals surface area contributed by atoms with Gasteiger partial charge in [0.05, 0.1) is 37.1 Å². The highest BCUT2D eigenvalue weighted by Gasteiger charge is 2.50. The average molecular weight is 788 g/mol. The molecule has 1 aliphatic heterocycles. The third-order valence-electron chi connectivity index (χ3n) is 12.7. The van der Waals surface area contributed by atoms with Crippen LogP contribution < -0.4 is 4.74 Å². The lowest BCUT2D eigenvalue weighted by Gasteiger charge is -2.45. The lowest BCUT2D eigenvalue weighted by molar-refractivity contribution is -0.0950. The number of hydrogen-bond donors (Lipinski definition) is 0. The molecular formula is C42H74BNO8Si2. The molecule has 306 valence electrons. The Labute approximate surface area is 331 Å².